The van der Waals surface area contributed by atoms with Crippen LogP contribution in [-0.4, -0.2) is 12.5 Å². The fourth-order valence-corrected chi connectivity index (χ4v) is 2.84. The number of hydrogen-bond acceptors (Lipinski definition) is 3. The van der Waals surface area contributed by atoms with Gasteiger partial charge in [-0.25, -0.2) is 0 Å². The number of nitrogens with one attached hydrogen (secondary N) is 1. The van der Waals surface area contributed by atoms with Crippen molar-refractivity contribution >= 4 is 17.5 Å². The number of rotatable bonds is 6. The summed E-state index contributed by atoms with van der Waals surface area (Å²) in [7, 11) is 0. The predicted octanol–water partition coefficient (Wildman–Crippen LogP) is 3.86. The van der Waals surface area contributed by atoms with E-state index in [1.165, 1.54) is 6.07 Å². The van der Waals surface area contributed by atoms with E-state index >= 15 is 0 Å². The average Bonchev–Trinajstić information content (AvgIpc) is 3.44. The zero-order valence-corrected chi connectivity index (χ0v) is 13.8. The van der Waals surface area contributed by atoms with Crippen LogP contribution in [-0.2, 0) is 4.79 Å². The molecule has 0 aliphatic heterocycles. The Morgan fingerprint density at radius 2 is 2.04 bits per heavy atom. The molecule has 2 aromatic carbocycles. The lowest BCUT2D eigenvalue weighted by molar-refractivity contribution is -0.124. The van der Waals surface area contributed by atoms with Gasteiger partial charge >= 0.3 is 0 Å². The SMILES string of the molecule is N#Cc1ccc(OCC(=O)NC(c2ccccc2)C2CC2)c(Cl)c1. The summed E-state index contributed by atoms with van der Waals surface area (Å²) in [5.41, 5.74) is 1.57. The van der Waals surface area contributed by atoms with Crippen molar-refractivity contribution in [3.8, 4) is 11.8 Å². The molecule has 0 bridgehead atoms. The summed E-state index contributed by atoms with van der Waals surface area (Å²) in [5, 5.41) is 12.2. The zero-order chi connectivity index (χ0) is 16.9. The molecular formula is C19H17ClN2O2. The second-order valence-corrected chi connectivity index (χ2v) is 6.25. The molecule has 1 fully saturated rings. The molecule has 122 valence electrons. The molecule has 5 heteroatoms. The molecule has 4 nitrogen and oxygen atoms in total. The van der Waals surface area contributed by atoms with E-state index in [1.54, 1.807) is 12.1 Å². The average molecular weight is 341 g/mol. The van der Waals surface area contributed by atoms with Gasteiger partial charge in [0.25, 0.3) is 5.91 Å². The van der Waals surface area contributed by atoms with Crippen molar-refractivity contribution in [2.24, 2.45) is 5.92 Å². The number of carbonyl (C=O) groups excluding carboxylic acids is 1. The number of nitrogens with zero attached hydrogens (tertiary/aromatic N) is 1. The summed E-state index contributed by atoms with van der Waals surface area (Å²) in [6, 6.07) is 16.7. The second-order valence-electron chi connectivity index (χ2n) is 5.84. The molecule has 1 aliphatic rings. The Kier molecular flexibility index (Phi) is 5.02. The molecule has 0 spiro atoms. The number of benzene rings is 2. The summed E-state index contributed by atoms with van der Waals surface area (Å²) in [6.45, 7) is -0.109. The van der Waals surface area contributed by atoms with Gasteiger partial charge in [-0.15, -0.1) is 0 Å². The van der Waals surface area contributed by atoms with Crippen LogP contribution in [0.2, 0.25) is 5.02 Å². The first-order valence-electron chi connectivity index (χ1n) is 7.84. The number of halogens is 1. The largest absolute Gasteiger partial charge is 0.482 e. The Morgan fingerprint density at radius 3 is 2.67 bits per heavy atom. The van der Waals surface area contributed by atoms with Gasteiger partial charge in [-0.2, -0.15) is 5.26 Å². The van der Waals surface area contributed by atoms with Gasteiger partial charge in [0.15, 0.2) is 6.61 Å². The van der Waals surface area contributed by atoms with Crippen molar-refractivity contribution < 1.29 is 9.53 Å². The molecule has 1 N–H and O–H groups in total. The topological polar surface area (TPSA) is 62.1 Å². The lowest BCUT2D eigenvalue weighted by Gasteiger charge is -2.19. The van der Waals surface area contributed by atoms with Crippen molar-refractivity contribution in [3.63, 3.8) is 0 Å². The first kappa shape index (κ1) is 16.4. The predicted molar refractivity (Wildman–Crippen MR) is 91.7 cm³/mol. The minimum atomic E-state index is -0.184. The number of hydrogen-bond donors (Lipinski definition) is 1. The summed E-state index contributed by atoms with van der Waals surface area (Å²) >= 11 is 6.05. The van der Waals surface area contributed by atoms with E-state index in [0.29, 0.717) is 22.3 Å². The van der Waals surface area contributed by atoms with Gasteiger partial charge in [-0.3, -0.25) is 4.79 Å². The smallest absolute Gasteiger partial charge is 0.258 e. The van der Waals surface area contributed by atoms with E-state index in [4.69, 9.17) is 21.6 Å². The molecular weight excluding hydrogens is 324 g/mol. The van der Waals surface area contributed by atoms with Crippen molar-refractivity contribution in [1.29, 1.82) is 5.26 Å². The number of carbonyl (C=O) groups is 1. The Morgan fingerprint density at radius 1 is 1.29 bits per heavy atom. The molecule has 1 saturated carbocycles. The molecule has 1 aliphatic carbocycles. The maximum atomic E-state index is 12.2. The molecule has 1 amide bonds. The molecule has 0 heterocycles. The van der Waals surface area contributed by atoms with E-state index in [2.05, 4.69) is 5.32 Å². The Bertz CT molecular complexity index is 767. The van der Waals surface area contributed by atoms with Crippen LogP contribution in [0.3, 0.4) is 0 Å². The van der Waals surface area contributed by atoms with Crippen LogP contribution in [0.25, 0.3) is 0 Å². The number of nitriles is 1. The maximum Gasteiger partial charge on any atom is 0.258 e. The third-order valence-corrected chi connectivity index (χ3v) is 4.28. The van der Waals surface area contributed by atoms with Crippen LogP contribution in [0.15, 0.2) is 48.5 Å². The zero-order valence-electron chi connectivity index (χ0n) is 13.0. The molecule has 24 heavy (non-hydrogen) atoms. The summed E-state index contributed by atoms with van der Waals surface area (Å²) in [6.07, 6.45) is 2.25. The highest BCUT2D eigenvalue weighted by atomic mass is 35.5. The maximum absolute atomic E-state index is 12.2. The summed E-state index contributed by atoms with van der Waals surface area (Å²) < 4.78 is 5.48. The van der Waals surface area contributed by atoms with Gasteiger partial charge in [0.05, 0.1) is 22.7 Å². The monoisotopic (exact) mass is 340 g/mol. The highest BCUT2D eigenvalue weighted by Gasteiger charge is 2.33. The fourth-order valence-electron chi connectivity index (χ4n) is 2.61. The molecule has 0 aromatic heterocycles. The summed E-state index contributed by atoms with van der Waals surface area (Å²) in [5.74, 6) is 0.708. The molecule has 1 unspecified atom stereocenters. The van der Waals surface area contributed by atoms with E-state index < -0.39 is 0 Å². The van der Waals surface area contributed by atoms with E-state index in [-0.39, 0.29) is 18.6 Å². The van der Waals surface area contributed by atoms with Crippen LogP contribution in [0.1, 0.15) is 30.0 Å². The molecule has 0 saturated heterocycles. The normalized spacial score (nSPS) is 14.5. The Labute approximate surface area is 146 Å². The van der Waals surface area contributed by atoms with Gasteiger partial charge in [-0.1, -0.05) is 41.9 Å². The first-order valence-corrected chi connectivity index (χ1v) is 8.22. The van der Waals surface area contributed by atoms with E-state index in [0.717, 1.165) is 18.4 Å². The molecule has 3 rings (SSSR count). The minimum absolute atomic E-state index is 0.0266. The third kappa shape index (κ3) is 4.06. The van der Waals surface area contributed by atoms with Crippen molar-refractivity contribution in [2.75, 3.05) is 6.61 Å². The van der Waals surface area contributed by atoms with E-state index in [1.807, 2.05) is 36.4 Å². The number of amides is 1. The lowest BCUT2D eigenvalue weighted by Crippen LogP contribution is -2.33. The number of ether oxygens (including phenoxy) is 1. The summed E-state index contributed by atoms with van der Waals surface area (Å²) in [4.78, 5) is 12.2. The van der Waals surface area contributed by atoms with Crippen LogP contribution >= 0.6 is 11.6 Å². The lowest BCUT2D eigenvalue weighted by atomic mass is 10.0. The van der Waals surface area contributed by atoms with Gasteiger partial charge in [-0.05, 0) is 42.5 Å². The molecule has 1 atom stereocenters. The minimum Gasteiger partial charge on any atom is -0.482 e. The van der Waals surface area contributed by atoms with E-state index in [9.17, 15) is 4.79 Å². The van der Waals surface area contributed by atoms with Crippen LogP contribution in [0.4, 0.5) is 0 Å². The van der Waals surface area contributed by atoms with Crippen LogP contribution < -0.4 is 10.1 Å². The standard InChI is InChI=1S/C19H17ClN2O2/c20-16-10-13(11-21)6-9-17(16)24-12-18(23)22-19(15-7-8-15)14-4-2-1-3-5-14/h1-6,9-10,15,19H,7-8,12H2,(H,22,23). The first-order chi connectivity index (χ1) is 11.7. The Balaban J connectivity index is 1.60. The van der Waals surface area contributed by atoms with Gasteiger partial charge < -0.3 is 10.1 Å². The third-order valence-electron chi connectivity index (χ3n) is 3.99. The Hall–Kier alpha value is -2.51. The highest BCUT2D eigenvalue weighted by molar-refractivity contribution is 6.32. The van der Waals surface area contributed by atoms with Crippen LogP contribution in [0, 0.1) is 17.2 Å². The quantitative estimate of drug-likeness (QED) is 0.868. The van der Waals surface area contributed by atoms with Crippen molar-refractivity contribution in [2.45, 2.75) is 18.9 Å². The van der Waals surface area contributed by atoms with Crippen LogP contribution in [0.5, 0.6) is 5.75 Å². The molecule has 2 aromatic rings. The second kappa shape index (κ2) is 7.37. The fraction of sp³-hybridized carbons (Fsp3) is 0.263. The van der Waals surface area contributed by atoms with Gasteiger partial charge in [0, 0.05) is 0 Å². The van der Waals surface area contributed by atoms with Crippen molar-refractivity contribution in [1.82, 2.24) is 5.32 Å². The molecule has 0 radical (unpaired) electrons. The van der Waals surface area contributed by atoms with Gasteiger partial charge in [0.1, 0.15) is 5.75 Å². The van der Waals surface area contributed by atoms with Crippen molar-refractivity contribution in [3.05, 3.63) is 64.7 Å². The highest BCUT2D eigenvalue weighted by Crippen LogP contribution is 2.40. The van der Waals surface area contributed by atoms with Gasteiger partial charge in [0.2, 0.25) is 0 Å².